The minimum absolute atomic E-state index is 0.0509. The molecule has 0 N–H and O–H groups in total. The van der Waals surface area contributed by atoms with Crippen molar-refractivity contribution in [3.63, 3.8) is 0 Å². The van der Waals surface area contributed by atoms with Gasteiger partial charge in [-0.2, -0.15) is 4.98 Å². The van der Waals surface area contributed by atoms with E-state index in [9.17, 15) is 8.42 Å². The van der Waals surface area contributed by atoms with Gasteiger partial charge in [0.25, 0.3) is 0 Å². The topological polar surface area (TPSA) is 76.3 Å². The van der Waals surface area contributed by atoms with Crippen LogP contribution in [0.5, 0.6) is 0 Å². The quantitative estimate of drug-likeness (QED) is 0.825. The van der Waals surface area contributed by atoms with Gasteiger partial charge in [-0.1, -0.05) is 25.9 Å². The van der Waals surface area contributed by atoms with Gasteiger partial charge in [0.1, 0.15) is 0 Å². The van der Waals surface area contributed by atoms with Crippen LogP contribution in [-0.4, -0.2) is 48.1 Å². The minimum Gasteiger partial charge on any atom is -0.338 e. The molecule has 7 heteroatoms. The van der Waals surface area contributed by atoms with Crippen LogP contribution in [-0.2, 0) is 21.8 Å². The Balaban J connectivity index is 2.00. The Bertz CT molecular complexity index is 545. The molecule has 0 aromatic carbocycles. The average molecular weight is 287 g/mol. The van der Waals surface area contributed by atoms with Crippen molar-refractivity contribution in [3.8, 4) is 0 Å². The maximum Gasteiger partial charge on any atom is 0.240 e. The molecule has 1 aromatic rings. The predicted molar refractivity (Wildman–Crippen MR) is 71.5 cm³/mol. The van der Waals surface area contributed by atoms with Crippen molar-refractivity contribution in [2.24, 2.45) is 0 Å². The van der Waals surface area contributed by atoms with Gasteiger partial charge in [0.2, 0.25) is 5.89 Å². The number of sulfone groups is 1. The van der Waals surface area contributed by atoms with Gasteiger partial charge >= 0.3 is 0 Å². The summed E-state index contributed by atoms with van der Waals surface area (Å²) < 4.78 is 28.1. The Morgan fingerprint density at radius 1 is 1.42 bits per heavy atom. The Labute approximate surface area is 114 Å². The molecule has 0 amide bonds. The van der Waals surface area contributed by atoms with Crippen molar-refractivity contribution < 1.29 is 12.9 Å². The molecule has 1 atom stereocenters. The van der Waals surface area contributed by atoms with Gasteiger partial charge < -0.3 is 4.52 Å². The Kier molecular flexibility index (Phi) is 3.70. The SMILES string of the molecule is CN(Cc1nc(C(C)(C)C)no1)[C@H]1CCS(=O)(=O)C1. The molecule has 1 aliphatic heterocycles. The van der Waals surface area contributed by atoms with Gasteiger partial charge in [0.05, 0.1) is 18.1 Å². The molecule has 0 bridgehead atoms. The normalized spacial score (nSPS) is 23.1. The van der Waals surface area contributed by atoms with Gasteiger partial charge in [-0.3, -0.25) is 4.90 Å². The summed E-state index contributed by atoms with van der Waals surface area (Å²) in [6.07, 6.45) is 0.680. The second-order valence-corrected chi connectivity index (χ2v) is 8.46. The molecule has 0 saturated carbocycles. The lowest BCUT2D eigenvalue weighted by atomic mass is 9.96. The maximum absolute atomic E-state index is 11.5. The van der Waals surface area contributed by atoms with Crippen LogP contribution < -0.4 is 0 Å². The Hall–Kier alpha value is -0.950. The van der Waals surface area contributed by atoms with Gasteiger partial charge in [-0.25, -0.2) is 8.42 Å². The van der Waals surface area contributed by atoms with E-state index in [0.29, 0.717) is 24.7 Å². The number of hydrogen-bond acceptors (Lipinski definition) is 6. The number of nitrogens with zero attached hydrogens (tertiary/aromatic N) is 3. The third kappa shape index (κ3) is 3.54. The highest BCUT2D eigenvalue weighted by Crippen LogP contribution is 2.21. The third-order valence-corrected chi connectivity index (χ3v) is 5.11. The minimum atomic E-state index is -2.86. The zero-order valence-electron chi connectivity index (χ0n) is 11.9. The molecule has 2 rings (SSSR count). The molecule has 1 saturated heterocycles. The van der Waals surface area contributed by atoms with E-state index in [1.807, 2.05) is 32.7 Å². The van der Waals surface area contributed by atoms with Gasteiger partial charge in [-0.05, 0) is 13.5 Å². The van der Waals surface area contributed by atoms with Gasteiger partial charge in [0.15, 0.2) is 15.7 Å². The summed E-state index contributed by atoms with van der Waals surface area (Å²) in [7, 11) is -0.964. The lowest BCUT2D eigenvalue weighted by Crippen LogP contribution is -2.32. The van der Waals surface area contributed by atoms with Crippen molar-refractivity contribution in [1.82, 2.24) is 15.0 Å². The maximum atomic E-state index is 11.5. The van der Waals surface area contributed by atoms with Gasteiger partial charge in [0, 0.05) is 11.5 Å². The lowest BCUT2D eigenvalue weighted by Gasteiger charge is -2.20. The van der Waals surface area contributed by atoms with Crippen molar-refractivity contribution in [2.45, 2.75) is 45.2 Å². The molecule has 19 heavy (non-hydrogen) atoms. The van der Waals surface area contributed by atoms with Crippen molar-refractivity contribution >= 4 is 9.84 Å². The Morgan fingerprint density at radius 3 is 2.58 bits per heavy atom. The molecule has 1 fully saturated rings. The first-order valence-electron chi connectivity index (χ1n) is 6.41. The van der Waals surface area contributed by atoms with Crippen LogP contribution in [0, 0.1) is 0 Å². The largest absolute Gasteiger partial charge is 0.338 e. The summed E-state index contributed by atoms with van der Waals surface area (Å²) in [5, 5.41) is 3.96. The standard InChI is InChI=1S/C12H21N3O3S/c1-12(2,3)11-13-10(18-14-11)7-15(4)9-5-6-19(16,17)8-9/h9H,5-8H2,1-4H3/t9-/m0/s1. The highest BCUT2D eigenvalue weighted by Gasteiger charge is 2.31. The van der Waals surface area contributed by atoms with E-state index in [0.717, 1.165) is 0 Å². The highest BCUT2D eigenvalue weighted by molar-refractivity contribution is 7.91. The second kappa shape index (κ2) is 4.86. The summed E-state index contributed by atoms with van der Waals surface area (Å²) in [6, 6.07) is 0.0509. The summed E-state index contributed by atoms with van der Waals surface area (Å²) in [5.74, 6) is 1.72. The molecule has 1 aromatic heterocycles. The van der Waals surface area contributed by atoms with E-state index in [1.165, 1.54) is 0 Å². The van der Waals surface area contributed by atoms with E-state index >= 15 is 0 Å². The first kappa shape index (κ1) is 14.5. The lowest BCUT2D eigenvalue weighted by molar-refractivity contribution is 0.217. The molecular formula is C12H21N3O3S. The molecule has 1 aliphatic rings. The van der Waals surface area contributed by atoms with E-state index in [1.54, 1.807) is 0 Å². The van der Waals surface area contributed by atoms with Crippen LogP contribution in [0.25, 0.3) is 0 Å². The third-order valence-electron chi connectivity index (χ3n) is 3.36. The molecule has 0 unspecified atom stereocenters. The molecule has 6 nitrogen and oxygen atoms in total. The zero-order chi connectivity index (χ0) is 14.3. The highest BCUT2D eigenvalue weighted by atomic mass is 32.2. The summed E-state index contributed by atoms with van der Waals surface area (Å²) >= 11 is 0. The fraction of sp³-hybridized carbons (Fsp3) is 0.833. The average Bonchev–Trinajstić information content (AvgIpc) is 2.83. The summed E-state index contributed by atoms with van der Waals surface area (Å²) in [4.78, 5) is 6.34. The van der Waals surface area contributed by atoms with Crippen LogP contribution >= 0.6 is 0 Å². The predicted octanol–water partition coefficient (Wildman–Crippen LogP) is 0.986. The van der Waals surface area contributed by atoms with Crippen LogP contribution in [0.3, 0.4) is 0 Å². The van der Waals surface area contributed by atoms with E-state index in [-0.39, 0.29) is 23.0 Å². The summed E-state index contributed by atoms with van der Waals surface area (Å²) in [5.41, 5.74) is -0.142. The van der Waals surface area contributed by atoms with Crippen molar-refractivity contribution in [1.29, 1.82) is 0 Å². The van der Waals surface area contributed by atoms with Crippen molar-refractivity contribution in [3.05, 3.63) is 11.7 Å². The first-order chi connectivity index (χ1) is 8.67. The molecule has 0 radical (unpaired) electrons. The van der Waals surface area contributed by atoms with E-state index in [4.69, 9.17) is 4.52 Å². The Morgan fingerprint density at radius 2 is 2.11 bits per heavy atom. The summed E-state index contributed by atoms with van der Waals surface area (Å²) in [6.45, 7) is 6.56. The fourth-order valence-corrected chi connectivity index (χ4v) is 3.89. The monoisotopic (exact) mass is 287 g/mol. The molecule has 108 valence electrons. The smallest absolute Gasteiger partial charge is 0.240 e. The van der Waals surface area contributed by atoms with Crippen LogP contribution in [0.2, 0.25) is 0 Å². The van der Waals surface area contributed by atoms with Crippen LogP contribution in [0.15, 0.2) is 4.52 Å². The van der Waals surface area contributed by atoms with Gasteiger partial charge in [-0.15, -0.1) is 0 Å². The molecule has 0 aliphatic carbocycles. The number of aromatic nitrogens is 2. The molecule has 0 spiro atoms. The molecule has 2 heterocycles. The first-order valence-corrected chi connectivity index (χ1v) is 8.23. The van der Waals surface area contributed by atoms with E-state index < -0.39 is 9.84 Å². The van der Waals surface area contributed by atoms with Crippen LogP contribution in [0.1, 0.15) is 38.9 Å². The number of hydrogen-bond donors (Lipinski definition) is 0. The molecular weight excluding hydrogens is 266 g/mol. The second-order valence-electron chi connectivity index (χ2n) is 6.23. The fourth-order valence-electron chi connectivity index (χ4n) is 2.09. The zero-order valence-corrected chi connectivity index (χ0v) is 12.7. The number of rotatable bonds is 3. The van der Waals surface area contributed by atoms with E-state index in [2.05, 4.69) is 10.1 Å². The van der Waals surface area contributed by atoms with Crippen molar-refractivity contribution in [2.75, 3.05) is 18.6 Å². The van der Waals surface area contributed by atoms with Crippen LogP contribution in [0.4, 0.5) is 0 Å².